The minimum absolute atomic E-state index is 0.0906. The van der Waals surface area contributed by atoms with Crippen molar-refractivity contribution in [3.8, 4) is 0 Å². The van der Waals surface area contributed by atoms with Gasteiger partial charge in [0.05, 0.1) is 5.57 Å². The van der Waals surface area contributed by atoms with Crippen LogP contribution in [0.1, 0.15) is 24.5 Å². The maximum atomic E-state index is 12.3. The van der Waals surface area contributed by atoms with Gasteiger partial charge in [0.15, 0.2) is 11.6 Å². The lowest BCUT2D eigenvalue weighted by atomic mass is 9.89. The van der Waals surface area contributed by atoms with E-state index < -0.39 is 0 Å². The number of carbonyl (C=O) groups is 2. The van der Waals surface area contributed by atoms with E-state index >= 15 is 0 Å². The van der Waals surface area contributed by atoms with E-state index in [4.69, 9.17) is 0 Å². The number of Topliss-reactive ketones (excluding diaryl/α,β-unsaturated/α-hetero) is 2. The summed E-state index contributed by atoms with van der Waals surface area (Å²) >= 11 is 0. The summed E-state index contributed by atoms with van der Waals surface area (Å²) in [5.74, 6) is -0.234. The summed E-state index contributed by atoms with van der Waals surface area (Å²) in [6, 6.07) is 7.88. The molecule has 2 heteroatoms. The maximum Gasteiger partial charge on any atom is 0.197 e. The highest BCUT2D eigenvalue weighted by Crippen LogP contribution is 2.39. The first-order valence-corrected chi connectivity index (χ1v) is 6.03. The number of benzene rings is 1. The molecule has 0 radical (unpaired) electrons. The van der Waals surface area contributed by atoms with Crippen molar-refractivity contribution in [2.45, 2.75) is 13.3 Å². The molecule has 2 aliphatic carbocycles. The van der Waals surface area contributed by atoms with Crippen molar-refractivity contribution in [3.63, 3.8) is 0 Å². The lowest BCUT2D eigenvalue weighted by Gasteiger charge is -2.12. The molecule has 18 heavy (non-hydrogen) atoms. The Morgan fingerprint density at radius 2 is 1.89 bits per heavy atom. The summed E-state index contributed by atoms with van der Waals surface area (Å²) in [5.41, 5.74) is 4.00. The van der Waals surface area contributed by atoms with Crippen LogP contribution in [-0.2, 0) is 9.59 Å². The number of hydrogen-bond acceptors (Lipinski definition) is 2. The third-order valence-corrected chi connectivity index (χ3v) is 3.37. The van der Waals surface area contributed by atoms with E-state index in [1.807, 2.05) is 36.4 Å². The van der Waals surface area contributed by atoms with Gasteiger partial charge in [0.25, 0.3) is 0 Å². The van der Waals surface area contributed by atoms with E-state index in [0.717, 1.165) is 16.7 Å². The molecule has 0 aromatic heterocycles. The van der Waals surface area contributed by atoms with Crippen LogP contribution in [-0.4, -0.2) is 11.6 Å². The third kappa shape index (κ3) is 1.42. The third-order valence-electron chi connectivity index (χ3n) is 3.37. The smallest absolute Gasteiger partial charge is 0.197 e. The van der Waals surface area contributed by atoms with E-state index in [-0.39, 0.29) is 11.6 Å². The Morgan fingerprint density at radius 1 is 1.11 bits per heavy atom. The molecule has 0 N–H and O–H groups in total. The predicted octanol–water partition coefficient (Wildman–Crippen LogP) is 2.96. The highest BCUT2D eigenvalue weighted by molar-refractivity contribution is 6.35. The normalized spacial score (nSPS) is 16.5. The van der Waals surface area contributed by atoms with Crippen LogP contribution in [0, 0.1) is 0 Å². The summed E-state index contributed by atoms with van der Waals surface area (Å²) in [4.78, 5) is 24.0. The standard InChI is InChI=1S/C16H12O2/c1-2-15(17)13-8-7-12-11-6-4-3-5-10(11)9-14(12)16(13)18/h3-9H,2H2,1H3. The number of hydrogen-bond donors (Lipinski definition) is 0. The van der Waals surface area contributed by atoms with Crippen LogP contribution in [0.4, 0.5) is 0 Å². The van der Waals surface area contributed by atoms with Crippen molar-refractivity contribution in [1.29, 1.82) is 0 Å². The lowest BCUT2D eigenvalue weighted by Crippen LogP contribution is -2.16. The molecular weight excluding hydrogens is 224 g/mol. The van der Waals surface area contributed by atoms with Gasteiger partial charge in [-0.1, -0.05) is 37.3 Å². The Kier molecular flexibility index (Phi) is 2.37. The van der Waals surface area contributed by atoms with Crippen molar-refractivity contribution in [2.24, 2.45) is 0 Å². The molecule has 0 saturated carbocycles. The van der Waals surface area contributed by atoms with Crippen LogP contribution in [0.25, 0.3) is 11.6 Å². The fourth-order valence-corrected chi connectivity index (χ4v) is 2.41. The number of rotatable bonds is 2. The predicted molar refractivity (Wildman–Crippen MR) is 70.8 cm³/mol. The van der Waals surface area contributed by atoms with Gasteiger partial charge in [0.1, 0.15) is 0 Å². The zero-order valence-corrected chi connectivity index (χ0v) is 10.1. The van der Waals surface area contributed by atoms with E-state index in [1.54, 1.807) is 13.0 Å². The van der Waals surface area contributed by atoms with Crippen molar-refractivity contribution in [3.05, 3.63) is 58.7 Å². The Bertz CT molecular complexity index is 657. The highest BCUT2D eigenvalue weighted by Gasteiger charge is 2.30. The number of ketones is 2. The molecule has 1 aromatic carbocycles. The van der Waals surface area contributed by atoms with Gasteiger partial charge in [-0.2, -0.15) is 0 Å². The van der Waals surface area contributed by atoms with Gasteiger partial charge in [-0.15, -0.1) is 0 Å². The molecule has 0 amide bonds. The molecule has 0 bridgehead atoms. The van der Waals surface area contributed by atoms with Gasteiger partial charge in [0, 0.05) is 12.0 Å². The summed E-state index contributed by atoms with van der Waals surface area (Å²) in [6.07, 6.45) is 5.77. The van der Waals surface area contributed by atoms with Gasteiger partial charge in [0.2, 0.25) is 0 Å². The summed E-state index contributed by atoms with van der Waals surface area (Å²) in [6.45, 7) is 1.77. The van der Waals surface area contributed by atoms with Gasteiger partial charge in [-0.05, 0) is 28.9 Å². The minimum atomic E-state index is -0.143. The number of fused-ring (bicyclic) bond motifs is 3. The molecule has 0 saturated heterocycles. The zero-order chi connectivity index (χ0) is 12.7. The molecule has 3 rings (SSSR count). The first-order chi connectivity index (χ1) is 8.72. The van der Waals surface area contributed by atoms with E-state index in [2.05, 4.69) is 0 Å². The Hall–Kier alpha value is -2.22. The van der Waals surface area contributed by atoms with E-state index in [9.17, 15) is 9.59 Å². The second-order valence-corrected chi connectivity index (χ2v) is 4.41. The van der Waals surface area contributed by atoms with Gasteiger partial charge in [-0.25, -0.2) is 0 Å². The van der Waals surface area contributed by atoms with Crippen molar-refractivity contribution >= 4 is 23.2 Å². The van der Waals surface area contributed by atoms with Crippen LogP contribution in [0.15, 0.2) is 47.6 Å². The summed E-state index contributed by atoms with van der Waals surface area (Å²) in [7, 11) is 0. The fraction of sp³-hybridized carbons (Fsp3) is 0.125. The number of carbonyl (C=O) groups excluding carboxylic acids is 2. The van der Waals surface area contributed by atoms with Crippen LogP contribution in [0.2, 0.25) is 0 Å². The Balaban J connectivity index is 2.12. The van der Waals surface area contributed by atoms with Crippen molar-refractivity contribution < 1.29 is 9.59 Å². The van der Waals surface area contributed by atoms with Gasteiger partial charge in [-0.3, -0.25) is 9.59 Å². The first-order valence-electron chi connectivity index (χ1n) is 6.03. The highest BCUT2D eigenvalue weighted by atomic mass is 16.1. The molecule has 0 unspecified atom stereocenters. The van der Waals surface area contributed by atoms with E-state index in [0.29, 0.717) is 17.6 Å². The van der Waals surface area contributed by atoms with Crippen molar-refractivity contribution in [2.75, 3.05) is 0 Å². The largest absolute Gasteiger partial charge is 0.294 e. The molecule has 0 spiro atoms. The molecule has 88 valence electrons. The average Bonchev–Trinajstić information content (AvgIpc) is 2.78. The van der Waals surface area contributed by atoms with Crippen LogP contribution in [0.5, 0.6) is 0 Å². The molecule has 0 fully saturated rings. The van der Waals surface area contributed by atoms with Crippen LogP contribution >= 0.6 is 0 Å². The second kappa shape index (κ2) is 3.91. The maximum absolute atomic E-state index is 12.3. The molecule has 0 atom stereocenters. The van der Waals surface area contributed by atoms with Crippen molar-refractivity contribution in [1.82, 2.24) is 0 Å². The monoisotopic (exact) mass is 236 g/mol. The molecule has 0 aliphatic heterocycles. The average molecular weight is 236 g/mol. The SMILES string of the molecule is CCC(=O)C1=CC=C2C(=Cc3ccccc32)C1=O. The van der Waals surface area contributed by atoms with E-state index in [1.165, 1.54) is 0 Å². The molecule has 2 nitrogen and oxygen atoms in total. The quantitative estimate of drug-likeness (QED) is 0.740. The fourth-order valence-electron chi connectivity index (χ4n) is 2.41. The molecule has 2 aliphatic rings. The zero-order valence-electron chi connectivity index (χ0n) is 10.1. The number of allylic oxidation sites excluding steroid dienone is 5. The minimum Gasteiger partial charge on any atom is -0.294 e. The Labute approximate surface area is 105 Å². The lowest BCUT2D eigenvalue weighted by molar-refractivity contribution is -0.119. The topological polar surface area (TPSA) is 34.1 Å². The summed E-state index contributed by atoms with van der Waals surface area (Å²) in [5, 5.41) is 0. The molecule has 1 aromatic rings. The second-order valence-electron chi connectivity index (χ2n) is 4.41. The van der Waals surface area contributed by atoms with Gasteiger partial charge >= 0.3 is 0 Å². The first kappa shape index (κ1) is 10.9. The molecule has 0 heterocycles. The Morgan fingerprint density at radius 3 is 2.67 bits per heavy atom. The summed E-state index contributed by atoms with van der Waals surface area (Å²) < 4.78 is 0. The van der Waals surface area contributed by atoms with Crippen LogP contribution in [0.3, 0.4) is 0 Å². The van der Waals surface area contributed by atoms with Gasteiger partial charge < -0.3 is 0 Å². The molecular formula is C16H12O2. The van der Waals surface area contributed by atoms with Crippen LogP contribution < -0.4 is 0 Å².